The van der Waals surface area contributed by atoms with Crippen molar-refractivity contribution in [3.8, 4) is 0 Å². The van der Waals surface area contributed by atoms with Gasteiger partial charge in [0.15, 0.2) is 6.10 Å². The van der Waals surface area contributed by atoms with Crippen LogP contribution >= 0.6 is 0 Å². The number of hydrogen-bond donors (Lipinski definition) is 2. The molecule has 0 saturated heterocycles. The molecular formula is C18H20N2O3. The van der Waals surface area contributed by atoms with Crippen LogP contribution in [0.4, 0.5) is 11.4 Å². The normalized spacial score (nSPS) is 11.6. The van der Waals surface area contributed by atoms with Gasteiger partial charge in [0.05, 0.1) is 5.56 Å². The maximum atomic E-state index is 12.2. The summed E-state index contributed by atoms with van der Waals surface area (Å²) < 4.78 is 5.19. The molecule has 5 heteroatoms. The molecule has 0 aliphatic heterocycles. The molecule has 0 aromatic heterocycles. The Morgan fingerprint density at radius 3 is 2.39 bits per heavy atom. The standard InChI is InChI=1S/C18H20N2O3/c1-11-4-5-12(2)16(10-11)20-17(21)13(3)23-18(22)14-6-8-15(19)9-7-14/h4-10,13H,19H2,1-3H3,(H,20,21). The van der Waals surface area contributed by atoms with Crippen molar-refractivity contribution in [3.05, 3.63) is 59.2 Å². The van der Waals surface area contributed by atoms with Crippen molar-refractivity contribution in [1.29, 1.82) is 0 Å². The fraction of sp³-hybridized carbons (Fsp3) is 0.222. The number of nitrogens with one attached hydrogen (secondary N) is 1. The minimum Gasteiger partial charge on any atom is -0.449 e. The number of nitrogen functional groups attached to an aromatic ring is 1. The SMILES string of the molecule is Cc1ccc(C)c(NC(=O)C(C)OC(=O)c2ccc(N)cc2)c1. The van der Waals surface area contributed by atoms with E-state index >= 15 is 0 Å². The Morgan fingerprint density at radius 1 is 1.09 bits per heavy atom. The molecule has 5 nitrogen and oxygen atoms in total. The number of anilines is 2. The molecule has 2 rings (SSSR count). The number of carbonyl (C=O) groups excluding carboxylic acids is 2. The third kappa shape index (κ3) is 4.32. The lowest BCUT2D eigenvalue weighted by molar-refractivity contribution is -0.123. The number of nitrogens with two attached hydrogens (primary N) is 1. The second-order valence-electron chi connectivity index (χ2n) is 5.48. The number of aryl methyl sites for hydroxylation is 2. The van der Waals surface area contributed by atoms with E-state index in [1.807, 2.05) is 32.0 Å². The number of carbonyl (C=O) groups is 2. The zero-order valence-electron chi connectivity index (χ0n) is 13.4. The highest BCUT2D eigenvalue weighted by Crippen LogP contribution is 2.17. The molecule has 0 saturated carbocycles. The van der Waals surface area contributed by atoms with Crippen molar-refractivity contribution >= 4 is 23.3 Å². The average molecular weight is 312 g/mol. The fourth-order valence-corrected chi connectivity index (χ4v) is 2.01. The van der Waals surface area contributed by atoms with Gasteiger partial charge >= 0.3 is 5.97 Å². The molecule has 1 amide bonds. The molecule has 0 radical (unpaired) electrons. The van der Waals surface area contributed by atoms with Crippen molar-refractivity contribution in [1.82, 2.24) is 0 Å². The minimum atomic E-state index is -0.903. The topological polar surface area (TPSA) is 81.4 Å². The van der Waals surface area contributed by atoms with Gasteiger partial charge in [0.2, 0.25) is 0 Å². The van der Waals surface area contributed by atoms with Gasteiger partial charge in [0.1, 0.15) is 0 Å². The largest absolute Gasteiger partial charge is 0.449 e. The Kier molecular flexibility index (Phi) is 5.01. The van der Waals surface area contributed by atoms with E-state index in [4.69, 9.17) is 10.5 Å². The Labute approximate surface area is 135 Å². The second kappa shape index (κ2) is 6.96. The quantitative estimate of drug-likeness (QED) is 0.671. The van der Waals surface area contributed by atoms with Crippen LogP contribution in [0.5, 0.6) is 0 Å². The molecule has 2 aromatic carbocycles. The van der Waals surface area contributed by atoms with Gasteiger partial charge in [0.25, 0.3) is 5.91 Å². The average Bonchev–Trinajstić information content (AvgIpc) is 2.51. The summed E-state index contributed by atoms with van der Waals surface area (Å²) in [6.45, 7) is 5.38. The summed E-state index contributed by atoms with van der Waals surface area (Å²) in [5.41, 5.74) is 9.18. The molecule has 0 bridgehead atoms. The van der Waals surface area contributed by atoms with E-state index < -0.39 is 12.1 Å². The highest BCUT2D eigenvalue weighted by atomic mass is 16.5. The van der Waals surface area contributed by atoms with Crippen LogP contribution in [0, 0.1) is 13.8 Å². The van der Waals surface area contributed by atoms with Crippen LogP contribution in [0.15, 0.2) is 42.5 Å². The zero-order valence-corrected chi connectivity index (χ0v) is 13.4. The van der Waals surface area contributed by atoms with Gasteiger partial charge in [-0.2, -0.15) is 0 Å². The highest BCUT2D eigenvalue weighted by molar-refractivity contribution is 5.97. The number of ether oxygens (including phenoxy) is 1. The van der Waals surface area contributed by atoms with Gasteiger partial charge < -0.3 is 15.8 Å². The van der Waals surface area contributed by atoms with Gasteiger partial charge in [-0.05, 0) is 62.2 Å². The first-order valence-electron chi connectivity index (χ1n) is 7.31. The van der Waals surface area contributed by atoms with Crippen molar-refractivity contribution in [2.24, 2.45) is 0 Å². The Morgan fingerprint density at radius 2 is 1.74 bits per heavy atom. The molecular weight excluding hydrogens is 292 g/mol. The number of benzene rings is 2. The summed E-state index contributed by atoms with van der Waals surface area (Å²) >= 11 is 0. The summed E-state index contributed by atoms with van der Waals surface area (Å²) in [4.78, 5) is 24.2. The number of amides is 1. The smallest absolute Gasteiger partial charge is 0.338 e. The lowest BCUT2D eigenvalue weighted by Gasteiger charge is -2.15. The monoisotopic (exact) mass is 312 g/mol. The van der Waals surface area contributed by atoms with Crippen LogP contribution in [0.1, 0.15) is 28.4 Å². The number of esters is 1. The van der Waals surface area contributed by atoms with Gasteiger partial charge in [-0.25, -0.2) is 4.79 Å². The number of rotatable bonds is 4. The van der Waals surface area contributed by atoms with Crippen LogP contribution < -0.4 is 11.1 Å². The summed E-state index contributed by atoms with van der Waals surface area (Å²) in [5, 5.41) is 2.78. The first kappa shape index (κ1) is 16.5. The Hall–Kier alpha value is -2.82. The fourth-order valence-electron chi connectivity index (χ4n) is 2.01. The Balaban J connectivity index is 2.01. The summed E-state index contributed by atoms with van der Waals surface area (Å²) in [6, 6.07) is 12.1. The molecule has 1 atom stereocenters. The van der Waals surface area contributed by atoms with Crippen LogP contribution in [0.3, 0.4) is 0 Å². The lowest BCUT2D eigenvalue weighted by atomic mass is 10.1. The van der Waals surface area contributed by atoms with Gasteiger partial charge in [-0.1, -0.05) is 12.1 Å². The number of hydrogen-bond acceptors (Lipinski definition) is 4. The van der Waals surface area contributed by atoms with Crippen LogP contribution in [0.25, 0.3) is 0 Å². The summed E-state index contributed by atoms with van der Waals surface area (Å²) in [5.74, 6) is -0.934. The second-order valence-corrected chi connectivity index (χ2v) is 5.48. The van der Waals surface area contributed by atoms with Gasteiger partial charge in [-0.15, -0.1) is 0 Å². The van der Waals surface area contributed by atoms with Gasteiger partial charge in [0, 0.05) is 11.4 Å². The molecule has 23 heavy (non-hydrogen) atoms. The van der Waals surface area contributed by atoms with E-state index in [1.54, 1.807) is 24.3 Å². The first-order chi connectivity index (χ1) is 10.9. The minimum absolute atomic E-state index is 0.352. The molecule has 120 valence electrons. The maximum absolute atomic E-state index is 12.2. The lowest BCUT2D eigenvalue weighted by Crippen LogP contribution is -2.30. The van der Waals surface area contributed by atoms with Crippen molar-refractivity contribution < 1.29 is 14.3 Å². The Bertz CT molecular complexity index is 724. The molecule has 0 spiro atoms. The van der Waals surface area contributed by atoms with E-state index in [0.29, 0.717) is 16.9 Å². The van der Waals surface area contributed by atoms with Crippen molar-refractivity contribution in [2.45, 2.75) is 26.9 Å². The molecule has 1 unspecified atom stereocenters. The predicted octanol–water partition coefficient (Wildman–Crippen LogP) is 3.07. The molecule has 0 aliphatic rings. The van der Waals surface area contributed by atoms with Crippen molar-refractivity contribution in [2.75, 3.05) is 11.1 Å². The molecule has 0 aliphatic carbocycles. The van der Waals surface area contributed by atoms with E-state index in [0.717, 1.165) is 11.1 Å². The van der Waals surface area contributed by atoms with Crippen LogP contribution in [0.2, 0.25) is 0 Å². The van der Waals surface area contributed by atoms with Gasteiger partial charge in [-0.3, -0.25) is 4.79 Å². The van der Waals surface area contributed by atoms with Crippen molar-refractivity contribution in [3.63, 3.8) is 0 Å². The molecule has 0 heterocycles. The third-order valence-corrected chi connectivity index (χ3v) is 3.45. The molecule has 2 aromatic rings. The molecule has 3 N–H and O–H groups in total. The van der Waals surface area contributed by atoms with E-state index in [2.05, 4.69) is 5.32 Å². The van der Waals surface area contributed by atoms with Crippen LogP contribution in [-0.2, 0) is 9.53 Å². The zero-order chi connectivity index (χ0) is 17.0. The highest BCUT2D eigenvalue weighted by Gasteiger charge is 2.19. The molecule has 0 fully saturated rings. The summed E-state index contributed by atoms with van der Waals surface area (Å²) in [7, 11) is 0. The predicted molar refractivity (Wildman–Crippen MR) is 90.3 cm³/mol. The van der Waals surface area contributed by atoms with E-state index in [9.17, 15) is 9.59 Å². The summed E-state index contributed by atoms with van der Waals surface area (Å²) in [6.07, 6.45) is -0.903. The third-order valence-electron chi connectivity index (χ3n) is 3.45. The van der Waals surface area contributed by atoms with E-state index in [-0.39, 0.29) is 5.91 Å². The first-order valence-corrected chi connectivity index (χ1v) is 7.31. The maximum Gasteiger partial charge on any atom is 0.338 e. The van der Waals surface area contributed by atoms with Crippen LogP contribution in [-0.4, -0.2) is 18.0 Å². The van der Waals surface area contributed by atoms with E-state index in [1.165, 1.54) is 6.92 Å².